The Bertz CT molecular complexity index is 684. The number of hydrogen-bond acceptors (Lipinski definition) is 4. The summed E-state index contributed by atoms with van der Waals surface area (Å²) in [5.74, 6) is -0.115. The number of amides is 1. The van der Waals surface area contributed by atoms with E-state index in [1.807, 2.05) is 17.3 Å². The van der Waals surface area contributed by atoms with Gasteiger partial charge in [-0.3, -0.25) is 14.5 Å². The van der Waals surface area contributed by atoms with Gasteiger partial charge in [-0.25, -0.2) is 0 Å². The van der Waals surface area contributed by atoms with Crippen LogP contribution in [0.2, 0.25) is 0 Å². The maximum atomic E-state index is 12.1. The molecule has 2 aromatic rings. The Balaban J connectivity index is 1.89. The third kappa shape index (κ3) is 5.05. The fourth-order valence-corrected chi connectivity index (χ4v) is 3.55. The molecule has 2 rings (SSSR count). The van der Waals surface area contributed by atoms with Crippen LogP contribution in [0.15, 0.2) is 40.2 Å². The summed E-state index contributed by atoms with van der Waals surface area (Å²) in [6.45, 7) is 2.52. The zero-order valence-corrected chi connectivity index (χ0v) is 14.8. The molecule has 0 saturated heterocycles. The van der Waals surface area contributed by atoms with E-state index in [4.69, 9.17) is 0 Å². The predicted octanol–water partition coefficient (Wildman–Crippen LogP) is 3.78. The lowest BCUT2D eigenvalue weighted by Gasteiger charge is -2.15. The second-order valence-electron chi connectivity index (χ2n) is 5.09. The smallest absolute Gasteiger partial charge is 0.238 e. The molecule has 22 heavy (non-hydrogen) atoms. The van der Waals surface area contributed by atoms with Gasteiger partial charge in [-0.15, -0.1) is 11.3 Å². The number of rotatable bonds is 6. The van der Waals surface area contributed by atoms with Crippen LogP contribution >= 0.6 is 27.3 Å². The summed E-state index contributed by atoms with van der Waals surface area (Å²) in [4.78, 5) is 26.5. The highest BCUT2D eigenvalue weighted by Gasteiger charge is 2.09. The van der Waals surface area contributed by atoms with Gasteiger partial charge in [0.05, 0.1) is 6.54 Å². The van der Waals surface area contributed by atoms with Crippen LogP contribution in [0.5, 0.6) is 0 Å². The first-order valence-corrected chi connectivity index (χ1v) is 8.43. The summed E-state index contributed by atoms with van der Waals surface area (Å²) in [5, 5.41) is 4.84. The number of hydrogen-bond donors (Lipinski definition) is 1. The van der Waals surface area contributed by atoms with Crippen molar-refractivity contribution in [3.63, 3.8) is 0 Å². The minimum Gasteiger partial charge on any atom is -0.325 e. The third-order valence-corrected chi connectivity index (χ3v) is 4.70. The molecule has 1 N–H and O–H groups in total. The van der Waals surface area contributed by atoms with E-state index in [-0.39, 0.29) is 11.7 Å². The van der Waals surface area contributed by atoms with Crippen molar-refractivity contribution in [3.05, 3.63) is 50.6 Å². The van der Waals surface area contributed by atoms with Gasteiger partial charge < -0.3 is 5.32 Å². The Morgan fingerprint density at radius 2 is 2.09 bits per heavy atom. The van der Waals surface area contributed by atoms with E-state index in [0.717, 1.165) is 11.0 Å². The first-order chi connectivity index (χ1) is 10.4. The number of nitrogens with zero attached hydrogens (tertiary/aromatic N) is 1. The van der Waals surface area contributed by atoms with E-state index >= 15 is 0 Å². The molecular formula is C16H17BrN2O2S. The van der Waals surface area contributed by atoms with Gasteiger partial charge >= 0.3 is 0 Å². The van der Waals surface area contributed by atoms with Crippen molar-refractivity contribution < 1.29 is 9.59 Å². The number of anilines is 1. The molecule has 0 aliphatic rings. The highest BCUT2D eigenvalue weighted by atomic mass is 79.9. The van der Waals surface area contributed by atoms with Gasteiger partial charge in [0.1, 0.15) is 0 Å². The molecule has 0 aliphatic heterocycles. The van der Waals surface area contributed by atoms with E-state index in [2.05, 4.69) is 27.3 Å². The lowest BCUT2D eigenvalue weighted by Crippen LogP contribution is -2.29. The minimum absolute atomic E-state index is 0.0171. The van der Waals surface area contributed by atoms with Crippen LogP contribution in [0, 0.1) is 0 Å². The summed E-state index contributed by atoms with van der Waals surface area (Å²) < 4.78 is 1.06. The fraction of sp³-hybridized carbons (Fsp3) is 0.250. The van der Waals surface area contributed by atoms with Crippen LogP contribution in [0.3, 0.4) is 0 Å². The van der Waals surface area contributed by atoms with E-state index in [1.165, 1.54) is 11.8 Å². The summed E-state index contributed by atoms with van der Waals surface area (Å²) in [5.41, 5.74) is 1.24. The molecule has 4 nitrogen and oxygen atoms in total. The number of nitrogens with one attached hydrogen (secondary N) is 1. The summed E-state index contributed by atoms with van der Waals surface area (Å²) in [6.07, 6.45) is 0. The largest absolute Gasteiger partial charge is 0.325 e. The van der Waals surface area contributed by atoms with Gasteiger partial charge in [0.2, 0.25) is 5.91 Å². The van der Waals surface area contributed by atoms with Crippen molar-refractivity contribution in [2.24, 2.45) is 0 Å². The van der Waals surface area contributed by atoms with Crippen molar-refractivity contribution in [1.29, 1.82) is 0 Å². The molecule has 6 heteroatoms. The monoisotopic (exact) mass is 380 g/mol. The molecule has 0 unspecified atom stereocenters. The minimum atomic E-state index is -0.0983. The third-order valence-electron chi connectivity index (χ3n) is 3.01. The fourth-order valence-electron chi connectivity index (χ4n) is 2.02. The van der Waals surface area contributed by atoms with Crippen molar-refractivity contribution in [3.8, 4) is 0 Å². The summed E-state index contributed by atoms with van der Waals surface area (Å²) in [6, 6.07) is 9.02. The van der Waals surface area contributed by atoms with Gasteiger partial charge in [0, 0.05) is 32.5 Å². The average molecular weight is 381 g/mol. The Hall–Kier alpha value is -1.50. The van der Waals surface area contributed by atoms with E-state index in [1.54, 1.807) is 35.6 Å². The number of carbonyl (C=O) groups excluding carboxylic acids is 2. The maximum Gasteiger partial charge on any atom is 0.238 e. The Kier molecular flexibility index (Phi) is 5.88. The normalized spacial score (nSPS) is 10.7. The van der Waals surface area contributed by atoms with Crippen LogP contribution < -0.4 is 5.32 Å². The number of thiophene rings is 1. The van der Waals surface area contributed by atoms with Gasteiger partial charge in [0.15, 0.2) is 5.78 Å². The quantitative estimate of drug-likeness (QED) is 0.775. The predicted molar refractivity (Wildman–Crippen MR) is 93.4 cm³/mol. The van der Waals surface area contributed by atoms with Crippen LogP contribution in [0.25, 0.3) is 0 Å². The molecule has 1 aromatic heterocycles. The molecule has 0 bridgehead atoms. The Labute approximate surface area is 142 Å². The number of benzene rings is 1. The van der Waals surface area contributed by atoms with E-state index < -0.39 is 0 Å². The average Bonchev–Trinajstić information content (AvgIpc) is 2.83. The lowest BCUT2D eigenvalue weighted by molar-refractivity contribution is -0.117. The van der Waals surface area contributed by atoms with Crippen molar-refractivity contribution in [1.82, 2.24) is 4.90 Å². The molecule has 1 aromatic carbocycles. The Morgan fingerprint density at radius 3 is 2.73 bits per heavy atom. The van der Waals surface area contributed by atoms with Crippen molar-refractivity contribution in [2.45, 2.75) is 13.5 Å². The van der Waals surface area contributed by atoms with Gasteiger partial charge in [0.25, 0.3) is 0 Å². The van der Waals surface area contributed by atoms with Crippen LogP contribution in [-0.2, 0) is 11.3 Å². The van der Waals surface area contributed by atoms with Gasteiger partial charge in [-0.1, -0.05) is 12.1 Å². The van der Waals surface area contributed by atoms with Crippen molar-refractivity contribution >= 4 is 44.6 Å². The number of halogens is 1. The molecule has 0 saturated carbocycles. The Morgan fingerprint density at radius 1 is 1.32 bits per heavy atom. The van der Waals surface area contributed by atoms with Crippen LogP contribution in [-0.4, -0.2) is 30.2 Å². The lowest BCUT2D eigenvalue weighted by atomic mass is 10.1. The van der Waals surface area contributed by atoms with Gasteiger partial charge in [-0.05, 0) is 48.1 Å². The van der Waals surface area contributed by atoms with Crippen LogP contribution in [0.1, 0.15) is 22.2 Å². The van der Waals surface area contributed by atoms with Crippen molar-refractivity contribution in [2.75, 3.05) is 18.9 Å². The molecule has 0 fully saturated rings. The molecule has 116 valence electrons. The molecule has 1 amide bonds. The highest BCUT2D eigenvalue weighted by molar-refractivity contribution is 9.10. The SMILES string of the molecule is CC(=O)c1cccc(NC(=O)CN(C)Cc2cc(Br)cs2)c1. The first-order valence-electron chi connectivity index (χ1n) is 6.76. The zero-order chi connectivity index (χ0) is 16.1. The summed E-state index contributed by atoms with van der Waals surface area (Å²) >= 11 is 5.08. The van der Waals surface area contributed by atoms with E-state index in [9.17, 15) is 9.59 Å². The number of likely N-dealkylation sites (N-methyl/N-ethyl adjacent to an activating group) is 1. The molecule has 0 radical (unpaired) electrons. The van der Waals surface area contributed by atoms with E-state index in [0.29, 0.717) is 17.8 Å². The standard InChI is InChI=1S/C16H17BrN2O2S/c1-11(20)12-4-3-5-14(6-12)18-16(21)9-19(2)8-15-7-13(17)10-22-15/h3-7,10H,8-9H2,1-2H3,(H,18,21). The zero-order valence-electron chi connectivity index (χ0n) is 12.4. The highest BCUT2D eigenvalue weighted by Crippen LogP contribution is 2.20. The number of carbonyl (C=O) groups is 2. The second kappa shape index (κ2) is 7.67. The molecule has 0 spiro atoms. The summed E-state index contributed by atoms with van der Waals surface area (Å²) in [7, 11) is 1.90. The first kappa shape index (κ1) is 16.9. The molecule has 1 heterocycles. The van der Waals surface area contributed by atoms with Crippen LogP contribution in [0.4, 0.5) is 5.69 Å². The second-order valence-corrected chi connectivity index (χ2v) is 7.00. The molecule has 0 atom stereocenters. The number of Topliss-reactive ketones (excluding diaryl/α,β-unsaturated/α-hetero) is 1. The molecule has 0 aliphatic carbocycles. The van der Waals surface area contributed by atoms with Gasteiger partial charge in [-0.2, -0.15) is 0 Å². The maximum absolute atomic E-state index is 12.1. The molecular weight excluding hydrogens is 364 g/mol. The number of ketones is 1. The topological polar surface area (TPSA) is 49.4 Å².